The number of aryl methyl sites for hydroxylation is 1. The second-order valence-corrected chi connectivity index (χ2v) is 6.60. The van der Waals surface area contributed by atoms with Crippen LogP contribution in [-0.2, 0) is 13.0 Å². The summed E-state index contributed by atoms with van der Waals surface area (Å²) in [5.74, 6) is -0.552. The highest BCUT2D eigenvalue weighted by Gasteiger charge is 2.10. The summed E-state index contributed by atoms with van der Waals surface area (Å²) in [6.45, 7) is 4.80. The summed E-state index contributed by atoms with van der Waals surface area (Å²) in [4.78, 5) is 0. The Hall–Kier alpha value is -2.88. The SMILES string of the molecule is CCCOc1ccc(-c2ccc(OCc3ccc(CC)cc3)c(F)c2)cc1F. The van der Waals surface area contributed by atoms with Gasteiger partial charge in [0.15, 0.2) is 23.1 Å². The van der Waals surface area contributed by atoms with Crippen molar-refractivity contribution in [1.82, 2.24) is 0 Å². The Morgan fingerprint density at radius 1 is 0.679 bits per heavy atom. The van der Waals surface area contributed by atoms with Crippen LogP contribution >= 0.6 is 0 Å². The van der Waals surface area contributed by atoms with E-state index in [-0.39, 0.29) is 11.5 Å². The molecule has 0 spiro atoms. The highest BCUT2D eigenvalue weighted by Crippen LogP contribution is 2.29. The molecular weight excluding hydrogens is 358 g/mol. The van der Waals surface area contributed by atoms with E-state index in [1.54, 1.807) is 24.3 Å². The van der Waals surface area contributed by atoms with Crippen molar-refractivity contribution in [2.45, 2.75) is 33.3 Å². The Balaban J connectivity index is 1.70. The first-order chi connectivity index (χ1) is 13.6. The quantitative estimate of drug-likeness (QED) is 0.439. The van der Waals surface area contributed by atoms with Crippen molar-refractivity contribution in [1.29, 1.82) is 0 Å². The summed E-state index contributed by atoms with van der Waals surface area (Å²) in [7, 11) is 0. The molecule has 3 rings (SSSR count). The van der Waals surface area contributed by atoms with Crippen LogP contribution in [0, 0.1) is 11.6 Å². The molecule has 0 amide bonds. The van der Waals surface area contributed by atoms with Gasteiger partial charge >= 0.3 is 0 Å². The zero-order valence-corrected chi connectivity index (χ0v) is 16.2. The molecule has 0 aliphatic rings. The zero-order chi connectivity index (χ0) is 19.9. The zero-order valence-electron chi connectivity index (χ0n) is 16.2. The van der Waals surface area contributed by atoms with Crippen molar-refractivity contribution >= 4 is 0 Å². The predicted octanol–water partition coefficient (Wildman–Crippen LogP) is 6.56. The molecule has 0 unspecified atom stereocenters. The predicted molar refractivity (Wildman–Crippen MR) is 108 cm³/mol. The van der Waals surface area contributed by atoms with E-state index in [4.69, 9.17) is 9.47 Å². The van der Waals surface area contributed by atoms with Crippen LogP contribution in [0.4, 0.5) is 8.78 Å². The fourth-order valence-corrected chi connectivity index (χ4v) is 2.84. The molecule has 0 heterocycles. The first-order valence-electron chi connectivity index (χ1n) is 9.53. The Kier molecular flexibility index (Phi) is 6.64. The van der Waals surface area contributed by atoms with Gasteiger partial charge in [0.1, 0.15) is 6.61 Å². The highest BCUT2D eigenvalue weighted by molar-refractivity contribution is 5.65. The summed E-state index contributed by atoms with van der Waals surface area (Å²) in [5.41, 5.74) is 3.39. The van der Waals surface area contributed by atoms with Crippen LogP contribution in [0.2, 0.25) is 0 Å². The van der Waals surface area contributed by atoms with Crippen molar-refractivity contribution in [2.24, 2.45) is 0 Å². The average molecular weight is 382 g/mol. The van der Waals surface area contributed by atoms with Crippen LogP contribution in [-0.4, -0.2) is 6.61 Å². The van der Waals surface area contributed by atoms with Gasteiger partial charge in [-0.2, -0.15) is 0 Å². The molecule has 0 atom stereocenters. The standard InChI is InChI=1S/C24H24F2O2/c1-3-13-27-23-11-9-19(14-21(23)25)20-10-12-24(22(26)15-20)28-16-18-7-5-17(4-2)6-8-18/h5-12,14-15H,3-4,13,16H2,1-2H3. The van der Waals surface area contributed by atoms with Gasteiger partial charge in [0, 0.05) is 0 Å². The minimum absolute atomic E-state index is 0.173. The molecule has 0 aromatic heterocycles. The lowest BCUT2D eigenvalue weighted by molar-refractivity contribution is 0.290. The Morgan fingerprint density at radius 2 is 1.21 bits per heavy atom. The van der Waals surface area contributed by atoms with E-state index in [9.17, 15) is 8.78 Å². The minimum Gasteiger partial charge on any atom is -0.491 e. The number of halogens is 2. The summed E-state index contributed by atoms with van der Waals surface area (Å²) < 4.78 is 39.6. The van der Waals surface area contributed by atoms with Gasteiger partial charge in [0.05, 0.1) is 6.61 Å². The topological polar surface area (TPSA) is 18.5 Å². The van der Waals surface area contributed by atoms with E-state index < -0.39 is 11.6 Å². The van der Waals surface area contributed by atoms with Gasteiger partial charge < -0.3 is 9.47 Å². The van der Waals surface area contributed by atoms with Gasteiger partial charge in [-0.3, -0.25) is 0 Å². The molecule has 0 bridgehead atoms. The number of hydrogen-bond acceptors (Lipinski definition) is 2. The summed E-state index contributed by atoms with van der Waals surface area (Å²) in [6, 6.07) is 17.4. The third-order valence-electron chi connectivity index (χ3n) is 4.48. The molecule has 2 nitrogen and oxygen atoms in total. The fraction of sp³-hybridized carbons (Fsp3) is 0.250. The van der Waals surface area contributed by atoms with Gasteiger partial charge in [-0.1, -0.05) is 50.2 Å². The van der Waals surface area contributed by atoms with Crippen LogP contribution in [0.25, 0.3) is 11.1 Å². The second-order valence-electron chi connectivity index (χ2n) is 6.60. The largest absolute Gasteiger partial charge is 0.491 e. The Bertz CT molecular complexity index is 920. The van der Waals surface area contributed by atoms with Crippen molar-refractivity contribution < 1.29 is 18.3 Å². The monoisotopic (exact) mass is 382 g/mol. The third kappa shape index (κ3) is 4.89. The molecule has 0 aliphatic carbocycles. The van der Waals surface area contributed by atoms with Gasteiger partial charge in [0.2, 0.25) is 0 Å². The van der Waals surface area contributed by atoms with Crippen molar-refractivity contribution in [3.8, 4) is 22.6 Å². The number of rotatable bonds is 8. The van der Waals surface area contributed by atoms with E-state index in [0.717, 1.165) is 18.4 Å². The molecule has 3 aromatic carbocycles. The van der Waals surface area contributed by atoms with Crippen molar-refractivity contribution in [3.05, 3.63) is 83.4 Å². The van der Waals surface area contributed by atoms with Crippen LogP contribution in [0.1, 0.15) is 31.4 Å². The molecule has 0 saturated heterocycles. The van der Waals surface area contributed by atoms with Crippen LogP contribution < -0.4 is 9.47 Å². The van der Waals surface area contributed by atoms with Crippen molar-refractivity contribution in [2.75, 3.05) is 6.61 Å². The molecule has 0 aliphatic heterocycles. The maximum atomic E-state index is 14.5. The van der Waals surface area contributed by atoms with E-state index in [0.29, 0.717) is 24.3 Å². The van der Waals surface area contributed by atoms with Gasteiger partial charge in [-0.25, -0.2) is 8.78 Å². The Morgan fingerprint density at radius 3 is 1.71 bits per heavy atom. The molecule has 0 radical (unpaired) electrons. The molecule has 0 saturated carbocycles. The molecule has 4 heteroatoms. The molecule has 0 fully saturated rings. The van der Waals surface area contributed by atoms with Crippen LogP contribution in [0.15, 0.2) is 60.7 Å². The first-order valence-corrected chi connectivity index (χ1v) is 9.53. The van der Waals surface area contributed by atoms with E-state index in [2.05, 4.69) is 6.92 Å². The first kappa shape index (κ1) is 19.9. The molecule has 28 heavy (non-hydrogen) atoms. The number of benzene rings is 3. The summed E-state index contributed by atoms with van der Waals surface area (Å²) >= 11 is 0. The lowest BCUT2D eigenvalue weighted by atomic mass is 10.0. The van der Waals surface area contributed by atoms with E-state index in [1.165, 1.54) is 17.7 Å². The van der Waals surface area contributed by atoms with E-state index in [1.807, 2.05) is 31.2 Å². The molecule has 146 valence electrons. The highest BCUT2D eigenvalue weighted by atomic mass is 19.1. The maximum Gasteiger partial charge on any atom is 0.165 e. The minimum atomic E-state index is -0.477. The van der Waals surface area contributed by atoms with E-state index >= 15 is 0 Å². The maximum absolute atomic E-state index is 14.5. The van der Waals surface area contributed by atoms with Crippen LogP contribution in [0.3, 0.4) is 0 Å². The smallest absolute Gasteiger partial charge is 0.165 e. The molecule has 3 aromatic rings. The van der Waals surface area contributed by atoms with Crippen molar-refractivity contribution in [3.63, 3.8) is 0 Å². The fourth-order valence-electron chi connectivity index (χ4n) is 2.84. The lowest BCUT2D eigenvalue weighted by Crippen LogP contribution is -1.98. The van der Waals surface area contributed by atoms with Gasteiger partial charge in [0.25, 0.3) is 0 Å². The van der Waals surface area contributed by atoms with Gasteiger partial charge in [-0.15, -0.1) is 0 Å². The summed E-state index contributed by atoms with van der Waals surface area (Å²) in [6.07, 6.45) is 1.78. The second kappa shape index (κ2) is 9.36. The number of ether oxygens (including phenoxy) is 2. The normalized spacial score (nSPS) is 10.7. The summed E-state index contributed by atoms with van der Waals surface area (Å²) in [5, 5.41) is 0. The third-order valence-corrected chi connectivity index (χ3v) is 4.48. The number of hydrogen-bond donors (Lipinski definition) is 0. The Labute approximate surface area is 164 Å². The molecular formula is C24H24F2O2. The lowest BCUT2D eigenvalue weighted by Gasteiger charge is -2.11. The molecule has 0 N–H and O–H groups in total. The van der Waals surface area contributed by atoms with Gasteiger partial charge in [-0.05, 0) is 59.4 Å². The average Bonchev–Trinajstić information content (AvgIpc) is 2.72. The van der Waals surface area contributed by atoms with Crippen LogP contribution in [0.5, 0.6) is 11.5 Å².